The van der Waals surface area contributed by atoms with Crippen LogP contribution in [0, 0.1) is 0 Å². The molecule has 0 aliphatic carbocycles. The molecule has 0 aliphatic rings. The first kappa shape index (κ1) is 26.2. The monoisotopic (exact) mass is 551 g/mol. The normalized spacial score (nSPS) is 11.9. The molecule has 0 aliphatic heterocycles. The third-order valence-corrected chi connectivity index (χ3v) is 9.82. The first-order chi connectivity index (χ1) is 14.0. The van der Waals surface area contributed by atoms with Crippen LogP contribution < -0.4 is 10.4 Å². The van der Waals surface area contributed by atoms with Crippen molar-refractivity contribution in [2.45, 2.75) is 66.0 Å². The fourth-order valence-corrected chi connectivity index (χ4v) is 6.36. The third-order valence-electron chi connectivity index (χ3n) is 5.78. The van der Waals surface area contributed by atoms with Crippen molar-refractivity contribution in [1.82, 2.24) is 0 Å². The van der Waals surface area contributed by atoms with Gasteiger partial charge in [-0.2, -0.15) is 6.07 Å². The van der Waals surface area contributed by atoms with Crippen LogP contribution in [0.25, 0.3) is 21.9 Å². The topological polar surface area (TPSA) is 0 Å². The van der Waals surface area contributed by atoms with E-state index < -0.39 is 37.0 Å². The van der Waals surface area contributed by atoms with Crippen LogP contribution in [0.15, 0.2) is 42.5 Å². The summed E-state index contributed by atoms with van der Waals surface area (Å²) in [7, 11) is 7.10. The Morgan fingerprint density at radius 1 is 0.800 bits per heavy atom. The number of hydrogen-bond donors (Lipinski definition) is 0. The summed E-state index contributed by atoms with van der Waals surface area (Å²) < 4.78 is 0. The molecule has 0 heterocycles. The summed E-state index contributed by atoms with van der Waals surface area (Å²) in [6.07, 6.45) is 2.18. The zero-order valence-corrected chi connectivity index (χ0v) is 25.7. The second-order valence-electron chi connectivity index (χ2n) is 10.0. The van der Waals surface area contributed by atoms with Gasteiger partial charge in [-0.05, 0) is 18.4 Å². The summed E-state index contributed by atoms with van der Waals surface area (Å²) in [4.78, 5) is 0. The molecule has 0 saturated carbocycles. The van der Waals surface area contributed by atoms with Gasteiger partial charge >= 0.3 is 37.9 Å². The molecule has 0 bridgehead atoms. The van der Waals surface area contributed by atoms with Crippen LogP contribution in [0.1, 0.15) is 25.0 Å². The Bertz CT molecular complexity index is 963. The summed E-state index contributed by atoms with van der Waals surface area (Å²) in [6.45, 7) is 19.4. The van der Waals surface area contributed by atoms with Crippen LogP contribution >= 0.6 is 17.0 Å². The van der Waals surface area contributed by atoms with Gasteiger partial charge in [0.2, 0.25) is 0 Å². The van der Waals surface area contributed by atoms with Gasteiger partial charge in [0.15, 0.2) is 0 Å². The van der Waals surface area contributed by atoms with E-state index in [1.807, 2.05) is 0 Å². The maximum atomic E-state index is 4.93. The number of halogens is 2. The summed E-state index contributed by atoms with van der Waals surface area (Å²) in [5.74, 6) is 0. The van der Waals surface area contributed by atoms with Crippen LogP contribution in [0.2, 0.25) is 39.3 Å². The molecule has 0 radical (unpaired) electrons. The molecule has 30 heavy (non-hydrogen) atoms. The first-order valence-electron chi connectivity index (χ1n) is 10.8. The van der Waals surface area contributed by atoms with Crippen molar-refractivity contribution in [3.8, 4) is 11.1 Å². The van der Waals surface area contributed by atoms with Crippen molar-refractivity contribution in [1.29, 1.82) is 0 Å². The summed E-state index contributed by atoms with van der Waals surface area (Å²) in [5, 5.41) is 6.03. The molecule has 0 atom stereocenters. The molecule has 0 amide bonds. The first-order valence-corrected chi connectivity index (χ1v) is 24.1. The van der Waals surface area contributed by atoms with Gasteiger partial charge in [0.05, 0.1) is 16.1 Å². The molecule has 3 aromatic carbocycles. The Morgan fingerprint density at radius 2 is 1.33 bits per heavy atom. The summed E-state index contributed by atoms with van der Waals surface area (Å²) in [5.41, 5.74) is 5.86. The predicted molar refractivity (Wildman–Crippen MR) is 141 cm³/mol. The van der Waals surface area contributed by atoms with E-state index in [4.69, 9.17) is 17.0 Å². The zero-order chi connectivity index (χ0) is 22.7. The Morgan fingerprint density at radius 3 is 1.77 bits per heavy atom. The average molecular weight is 554 g/mol. The molecule has 0 aromatic heterocycles. The molecule has 0 unspecified atom stereocenters. The Kier molecular flexibility index (Phi) is 9.35. The van der Waals surface area contributed by atoms with Gasteiger partial charge in [-0.1, -0.05) is 92.8 Å². The van der Waals surface area contributed by atoms with Gasteiger partial charge in [0.25, 0.3) is 0 Å². The molecule has 3 rings (SSSR count). The molecular weight excluding hydrogens is 519 g/mol. The molecule has 0 N–H and O–H groups in total. The van der Waals surface area contributed by atoms with E-state index in [1.165, 1.54) is 33.0 Å². The SMILES string of the molecule is CCc1cc2c(-c3cc([Si](C)(C)C)cc([Si](C)(C)C)c3)c(CC)ccc2[cH-]1.[Cl][Zr][Cl]. The van der Waals surface area contributed by atoms with Gasteiger partial charge in [-0.3, -0.25) is 0 Å². The molecule has 3 aromatic rings. The van der Waals surface area contributed by atoms with Crippen LogP contribution in [-0.4, -0.2) is 16.1 Å². The van der Waals surface area contributed by atoms with Crippen molar-refractivity contribution >= 4 is 54.3 Å². The van der Waals surface area contributed by atoms with Crippen LogP contribution in [-0.2, 0) is 33.7 Å². The Labute approximate surface area is 204 Å². The van der Waals surface area contributed by atoms with E-state index in [1.54, 1.807) is 10.4 Å². The zero-order valence-electron chi connectivity index (χ0n) is 19.7. The van der Waals surface area contributed by atoms with Crippen molar-refractivity contribution in [3.63, 3.8) is 0 Å². The van der Waals surface area contributed by atoms with Crippen molar-refractivity contribution in [2.24, 2.45) is 0 Å². The Hall–Kier alpha value is -0.0531. The van der Waals surface area contributed by atoms with Crippen molar-refractivity contribution in [2.75, 3.05) is 0 Å². The minimum absolute atomic E-state index is 0.826. The number of benzene rings is 2. The average Bonchev–Trinajstić information content (AvgIpc) is 3.09. The van der Waals surface area contributed by atoms with Gasteiger partial charge in [0.1, 0.15) is 0 Å². The molecule has 0 nitrogen and oxygen atoms in total. The van der Waals surface area contributed by atoms with Crippen molar-refractivity contribution < 1.29 is 20.8 Å². The van der Waals surface area contributed by atoms with Gasteiger partial charge in [-0.25, -0.2) is 0 Å². The molecule has 0 spiro atoms. The van der Waals surface area contributed by atoms with E-state index >= 15 is 0 Å². The van der Waals surface area contributed by atoms with E-state index in [9.17, 15) is 0 Å². The second kappa shape index (κ2) is 10.7. The molecule has 162 valence electrons. The molecule has 0 fully saturated rings. The fraction of sp³-hybridized carbons (Fsp3) is 0.400. The quantitative estimate of drug-likeness (QED) is 0.223. The summed E-state index contributed by atoms with van der Waals surface area (Å²) in [6, 6.07) is 17.0. The standard InChI is InChI=1S/C25H35Si2.2ClH.Zr/c1-9-18-13-20-12-11-19(10-2)25(24(20)14-18)21-15-22(26(3,4)5)17-23(16-21)27(6,7)8;;;/h11-17H,9-10H2,1-8H3;2*1H;/q-1;;;+2/p-2. The molecule has 0 saturated heterocycles. The maximum absolute atomic E-state index is 4.93. The van der Waals surface area contributed by atoms with Crippen LogP contribution in [0.5, 0.6) is 0 Å². The van der Waals surface area contributed by atoms with E-state index in [-0.39, 0.29) is 0 Å². The number of fused-ring (bicyclic) bond motifs is 1. The Balaban J connectivity index is 0.00000101. The van der Waals surface area contributed by atoms with Gasteiger partial charge < -0.3 is 0 Å². The number of rotatable bonds is 5. The fourth-order valence-electron chi connectivity index (χ4n) is 3.87. The number of aryl methyl sites for hydroxylation is 2. The van der Waals surface area contributed by atoms with Gasteiger partial charge in [-0.15, -0.1) is 34.5 Å². The summed E-state index contributed by atoms with van der Waals surface area (Å²) >= 11 is -0.826. The van der Waals surface area contributed by atoms with E-state index in [0.29, 0.717) is 0 Å². The third kappa shape index (κ3) is 6.26. The van der Waals surface area contributed by atoms with Gasteiger partial charge in [0, 0.05) is 0 Å². The predicted octanol–water partition coefficient (Wildman–Crippen LogP) is 7.82. The molecule has 5 heteroatoms. The minimum atomic E-state index is -1.38. The van der Waals surface area contributed by atoms with E-state index in [2.05, 4.69) is 95.6 Å². The number of hydrogen-bond acceptors (Lipinski definition) is 0. The second-order valence-corrected chi connectivity index (χ2v) is 23.9. The molecular formula is C25H35Cl2Si2Zr-. The van der Waals surface area contributed by atoms with Crippen LogP contribution in [0.4, 0.5) is 0 Å². The van der Waals surface area contributed by atoms with E-state index in [0.717, 1.165) is 12.8 Å². The van der Waals surface area contributed by atoms with Crippen LogP contribution in [0.3, 0.4) is 0 Å². The van der Waals surface area contributed by atoms with Crippen molar-refractivity contribution in [3.05, 3.63) is 53.6 Å².